The van der Waals surface area contributed by atoms with Crippen LogP contribution in [0.1, 0.15) is 79.7 Å². The Labute approximate surface area is 252 Å². The molecule has 0 unspecified atom stereocenters. The van der Waals surface area contributed by atoms with Crippen LogP contribution < -0.4 is 0 Å². The number of fused-ring (bicyclic) bond motifs is 2. The summed E-state index contributed by atoms with van der Waals surface area (Å²) in [5.41, 5.74) is 4.27. The number of benzene rings is 2. The first-order valence-electron chi connectivity index (χ1n) is 14.0. The fourth-order valence-corrected chi connectivity index (χ4v) is 4.75. The van der Waals surface area contributed by atoms with Crippen LogP contribution in [-0.2, 0) is 30.3 Å². The Morgan fingerprint density at radius 1 is 0.925 bits per heavy atom. The number of carbonyl (C=O) groups excluding carboxylic acids is 1. The number of nitrogens with zero attached hydrogens (tertiary/aromatic N) is 4. The van der Waals surface area contributed by atoms with Crippen molar-refractivity contribution in [3.8, 4) is 11.3 Å². The van der Waals surface area contributed by atoms with Crippen LogP contribution in [0.2, 0.25) is 0 Å². The van der Waals surface area contributed by atoms with Gasteiger partial charge in [0.25, 0.3) is 0 Å². The fourth-order valence-electron chi connectivity index (χ4n) is 4.75. The number of aliphatic hydroxyl groups excluding tert-OH is 1. The molecule has 2 aromatic heterocycles. The second-order valence-corrected chi connectivity index (χ2v) is 10.8. The summed E-state index contributed by atoms with van der Waals surface area (Å²) in [4.78, 5) is 29.1. The van der Waals surface area contributed by atoms with Gasteiger partial charge in [0.15, 0.2) is 11.4 Å². The summed E-state index contributed by atoms with van der Waals surface area (Å²) in [5.74, 6) is 0.547. The number of aliphatic hydroxyl groups is 1. The maximum Gasteiger partial charge on any atom is 0.174 e. The molecule has 4 rings (SSSR count). The van der Waals surface area contributed by atoms with Crippen LogP contribution in [0.4, 0.5) is 0 Å². The topological polar surface area (TPSA) is 88.9 Å². The van der Waals surface area contributed by atoms with Crippen molar-refractivity contribution in [2.24, 2.45) is 11.8 Å². The van der Waals surface area contributed by atoms with Crippen LogP contribution in [0.5, 0.6) is 0 Å². The summed E-state index contributed by atoms with van der Waals surface area (Å²) in [7, 11) is 0. The van der Waals surface area contributed by atoms with Crippen molar-refractivity contribution < 1.29 is 30.0 Å². The van der Waals surface area contributed by atoms with Gasteiger partial charge in [-0.05, 0) is 31.1 Å². The average Bonchev–Trinajstić information content (AvgIpc) is 2.93. The zero-order valence-electron chi connectivity index (χ0n) is 24.7. The molecule has 0 aliphatic rings. The first-order valence-corrected chi connectivity index (χ1v) is 14.0. The second-order valence-electron chi connectivity index (χ2n) is 10.8. The predicted octanol–water partition coefficient (Wildman–Crippen LogP) is 8.20. The number of allylic oxidation sites excluding steroid dienone is 2. The smallest absolute Gasteiger partial charge is 0.174 e. The Morgan fingerprint density at radius 2 is 1.55 bits per heavy atom. The van der Waals surface area contributed by atoms with E-state index in [1.54, 1.807) is 12.4 Å². The quantitative estimate of drug-likeness (QED) is 0.112. The number of rotatable bonds is 8. The fraction of sp³-hybridized carbons (Fsp3) is 0.424. The third-order valence-electron chi connectivity index (χ3n) is 7.19. The van der Waals surface area contributed by atoms with Gasteiger partial charge in [-0.3, -0.25) is 14.8 Å². The van der Waals surface area contributed by atoms with E-state index >= 15 is 0 Å². The summed E-state index contributed by atoms with van der Waals surface area (Å²) in [5, 5.41) is 12.1. The van der Waals surface area contributed by atoms with Crippen LogP contribution >= 0.6 is 0 Å². The molecular formula is C33H41IrN4O2-. The van der Waals surface area contributed by atoms with Crippen molar-refractivity contribution in [3.63, 3.8) is 0 Å². The molecule has 0 spiro atoms. The number of hydrogen-bond acceptors (Lipinski definition) is 6. The maximum atomic E-state index is 11.7. The van der Waals surface area contributed by atoms with Gasteiger partial charge >= 0.3 is 0 Å². The van der Waals surface area contributed by atoms with E-state index in [0.29, 0.717) is 11.2 Å². The Hall–Kier alpha value is -3.02. The molecular weight excluding hydrogens is 677 g/mol. The largest absolute Gasteiger partial charge is 0.512 e. The van der Waals surface area contributed by atoms with E-state index in [-0.39, 0.29) is 48.9 Å². The number of carbonyl (C=O) groups is 1. The zero-order valence-corrected chi connectivity index (χ0v) is 27.1. The van der Waals surface area contributed by atoms with Gasteiger partial charge in [0.1, 0.15) is 11.8 Å². The van der Waals surface area contributed by atoms with E-state index in [1.807, 2.05) is 33.8 Å². The molecule has 4 aromatic rings. The van der Waals surface area contributed by atoms with E-state index in [1.165, 1.54) is 23.4 Å². The molecule has 0 fully saturated rings. The Bertz CT molecular complexity index is 1430. The van der Waals surface area contributed by atoms with Gasteiger partial charge in [-0.15, -0.1) is 29.1 Å². The number of hydrogen-bond donors (Lipinski definition) is 1. The molecule has 40 heavy (non-hydrogen) atoms. The zero-order chi connectivity index (χ0) is 28.6. The van der Waals surface area contributed by atoms with Crippen LogP contribution in [0.3, 0.4) is 0 Å². The van der Waals surface area contributed by atoms with Gasteiger partial charge in [0.05, 0.1) is 5.76 Å². The van der Waals surface area contributed by atoms with E-state index in [9.17, 15) is 9.90 Å². The molecule has 2 heterocycles. The first kappa shape index (κ1) is 33.2. The molecule has 2 aromatic carbocycles. The molecule has 1 N–H and O–H groups in total. The number of ketones is 1. The Balaban J connectivity index is 0.000000307. The summed E-state index contributed by atoms with van der Waals surface area (Å²) < 4.78 is 0. The van der Waals surface area contributed by atoms with Gasteiger partial charge in [-0.2, -0.15) is 0 Å². The minimum absolute atomic E-state index is 0. The van der Waals surface area contributed by atoms with Crippen LogP contribution in [0, 0.1) is 17.9 Å². The predicted molar refractivity (Wildman–Crippen MR) is 159 cm³/mol. The third kappa shape index (κ3) is 8.02. The monoisotopic (exact) mass is 718 g/mol. The minimum atomic E-state index is 0. The standard InChI is InChI=1S/C20H17N4.C13H24O2.Ir/c1-20(2,3)16-11-14(10-13-6-4-5-7-15(13)16)17-18-19(24-12-23-17)22-9-8-21-18;1-5-10(6-2)12(14)9-13(15)11(7-3)8-4;/h4-9,11-12H,1-3H3;9-11,14H,5-8H2,1-4H3;/q-1;;. The molecule has 0 saturated heterocycles. The molecule has 215 valence electrons. The van der Waals surface area contributed by atoms with E-state index in [4.69, 9.17) is 0 Å². The minimum Gasteiger partial charge on any atom is -0.512 e. The van der Waals surface area contributed by atoms with Gasteiger partial charge in [0, 0.05) is 56.1 Å². The van der Waals surface area contributed by atoms with Crippen LogP contribution in [0.15, 0.2) is 60.9 Å². The number of aromatic nitrogens is 4. The summed E-state index contributed by atoms with van der Waals surface area (Å²) in [6, 6.07) is 14.0. The maximum absolute atomic E-state index is 11.7. The van der Waals surface area contributed by atoms with Crippen molar-refractivity contribution >= 4 is 27.7 Å². The van der Waals surface area contributed by atoms with E-state index < -0.39 is 0 Å². The molecule has 0 bridgehead atoms. The molecule has 6 nitrogen and oxygen atoms in total. The summed E-state index contributed by atoms with van der Waals surface area (Å²) in [6.07, 6.45) is 9.75. The van der Waals surface area contributed by atoms with Crippen molar-refractivity contribution in [1.82, 2.24) is 19.9 Å². The summed E-state index contributed by atoms with van der Waals surface area (Å²) >= 11 is 0. The molecule has 0 amide bonds. The molecule has 1 radical (unpaired) electrons. The summed E-state index contributed by atoms with van der Waals surface area (Å²) in [6.45, 7) is 14.7. The third-order valence-corrected chi connectivity index (χ3v) is 7.19. The van der Waals surface area contributed by atoms with Crippen molar-refractivity contribution in [2.75, 3.05) is 0 Å². The van der Waals surface area contributed by atoms with Crippen molar-refractivity contribution in [1.29, 1.82) is 0 Å². The van der Waals surface area contributed by atoms with Crippen molar-refractivity contribution in [3.05, 3.63) is 72.5 Å². The average molecular weight is 718 g/mol. The molecule has 0 aliphatic carbocycles. The van der Waals surface area contributed by atoms with Crippen molar-refractivity contribution in [2.45, 2.75) is 79.6 Å². The van der Waals surface area contributed by atoms with Gasteiger partial charge < -0.3 is 5.11 Å². The molecule has 0 atom stereocenters. The Morgan fingerprint density at radius 3 is 2.17 bits per heavy atom. The van der Waals surface area contributed by atoms with Crippen LogP contribution in [0.25, 0.3) is 33.2 Å². The van der Waals surface area contributed by atoms with E-state index in [0.717, 1.165) is 42.3 Å². The van der Waals surface area contributed by atoms with Gasteiger partial charge in [-0.1, -0.05) is 77.6 Å². The van der Waals surface area contributed by atoms with E-state index in [2.05, 4.69) is 71.0 Å². The van der Waals surface area contributed by atoms with Gasteiger partial charge in [-0.25, -0.2) is 9.97 Å². The first-order chi connectivity index (χ1) is 18.6. The van der Waals surface area contributed by atoms with Crippen LogP contribution in [-0.4, -0.2) is 30.8 Å². The molecule has 0 saturated carbocycles. The molecule has 7 heteroatoms. The SMILES string of the molecule is CC(C)(C)c1cc(-c2ncnc3nccnc23)[c-]c2ccccc12.CCC(CC)C(=O)C=C(O)C(CC)CC.[Ir]. The normalized spacial score (nSPS) is 11.9. The Kier molecular flexibility index (Phi) is 12.5. The molecule has 0 aliphatic heterocycles. The second kappa shape index (κ2) is 15.1. The van der Waals surface area contributed by atoms with Gasteiger partial charge in [0.2, 0.25) is 0 Å².